The van der Waals surface area contributed by atoms with Crippen LogP contribution in [0.5, 0.6) is 11.5 Å². The van der Waals surface area contributed by atoms with Crippen molar-refractivity contribution in [3.05, 3.63) is 53.6 Å². The Morgan fingerprint density at radius 2 is 1.71 bits per heavy atom. The van der Waals surface area contributed by atoms with Gasteiger partial charge in [0.2, 0.25) is 0 Å². The fourth-order valence-electron chi connectivity index (χ4n) is 2.53. The number of benzene rings is 2. The van der Waals surface area contributed by atoms with Gasteiger partial charge in [-0.15, -0.1) is 0 Å². The Bertz CT molecular complexity index is 868. The summed E-state index contributed by atoms with van der Waals surface area (Å²) in [7, 11) is 0. The second-order valence-electron chi connectivity index (χ2n) is 7.73. The van der Waals surface area contributed by atoms with Crippen molar-refractivity contribution < 1.29 is 39.8 Å². The van der Waals surface area contributed by atoms with Crippen LogP contribution in [-0.4, -0.2) is 24.7 Å². The molecule has 1 amide bonds. The van der Waals surface area contributed by atoms with Crippen molar-refractivity contribution in [1.82, 2.24) is 5.32 Å². The molecular formula is C22H27ClF3N2O3-. The summed E-state index contributed by atoms with van der Waals surface area (Å²) < 4.78 is 49.5. The monoisotopic (exact) mass is 459 g/mol. The number of alkyl halides is 3. The first kappa shape index (κ1) is 26.6. The first-order valence-electron chi connectivity index (χ1n) is 9.58. The van der Waals surface area contributed by atoms with Crippen molar-refractivity contribution in [2.45, 2.75) is 46.0 Å². The van der Waals surface area contributed by atoms with Crippen molar-refractivity contribution in [2.75, 3.05) is 18.5 Å². The third-order valence-corrected chi connectivity index (χ3v) is 3.96. The van der Waals surface area contributed by atoms with Crippen LogP contribution in [0.4, 0.5) is 18.9 Å². The summed E-state index contributed by atoms with van der Waals surface area (Å²) in [6.45, 7) is 8.73. The normalized spacial score (nSPS) is 11.5. The molecule has 0 aromatic heterocycles. The lowest BCUT2D eigenvalue weighted by Crippen LogP contribution is -3.00. The molecule has 31 heavy (non-hydrogen) atoms. The molecule has 0 spiro atoms. The Labute approximate surface area is 186 Å². The highest BCUT2D eigenvalue weighted by Crippen LogP contribution is 2.31. The number of carbonyl (C=O) groups excluding carboxylic acids is 1. The number of rotatable bonds is 8. The lowest BCUT2D eigenvalue weighted by Gasteiger charge is -2.21. The van der Waals surface area contributed by atoms with Gasteiger partial charge in [0.1, 0.15) is 0 Å². The molecule has 0 aliphatic heterocycles. The summed E-state index contributed by atoms with van der Waals surface area (Å²) >= 11 is 0. The first-order chi connectivity index (χ1) is 14.0. The van der Waals surface area contributed by atoms with E-state index in [1.54, 1.807) is 6.07 Å². The standard InChI is InChI=1S/C22H27F3N2O3.ClH/c1-5-29-19-11-15(13-26-21(2,3)4)9-10-18(19)30-14-20(28)27-17-8-6-7-16(12-17)22(23,24)25;/h6-12,26H,5,13-14H2,1-4H3,(H,27,28);1H/p-1. The molecule has 172 valence electrons. The van der Waals surface area contributed by atoms with E-state index in [0.717, 1.165) is 17.7 Å². The van der Waals surface area contributed by atoms with Gasteiger partial charge in [0.25, 0.3) is 5.91 Å². The molecule has 2 aromatic rings. The molecule has 0 saturated heterocycles. The molecule has 0 aliphatic carbocycles. The smallest absolute Gasteiger partial charge is 0.416 e. The Hall–Kier alpha value is -2.45. The van der Waals surface area contributed by atoms with E-state index in [2.05, 4.69) is 31.4 Å². The topological polar surface area (TPSA) is 59.6 Å². The van der Waals surface area contributed by atoms with Crippen LogP contribution in [0, 0.1) is 0 Å². The maximum Gasteiger partial charge on any atom is 0.416 e. The van der Waals surface area contributed by atoms with E-state index < -0.39 is 17.6 Å². The van der Waals surface area contributed by atoms with E-state index in [4.69, 9.17) is 9.47 Å². The third kappa shape index (κ3) is 9.06. The zero-order valence-corrected chi connectivity index (χ0v) is 18.7. The fraction of sp³-hybridized carbons (Fsp3) is 0.409. The highest BCUT2D eigenvalue weighted by atomic mass is 35.5. The average molecular weight is 460 g/mol. The van der Waals surface area contributed by atoms with Crippen LogP contribution in [0.25, 0.3) is 0 Å². The molecule has 2 N–H and O–H groups in total. The number of carbonyl (C=O) groups is 1. The Balaban J connectivity index is 0.00000480. The van der Waals surface area contributed by atoms with Crippen LogP contribution in [0.1, 0.15) is 38.8 Å². The van der Waals surface area contributed by atoms with Gasteiger partial charge < -0.3 is 32.5 Å². The minimum absolute atomic E-state index is 0. The van der Waals surface area contributed by atoms with Gasteiger partial charge in [-0.1, -0.05) is 12.1 Å². The van der Waals surface area contributed by atoms with Crippen molar-refractivity contribution in [1.29, 1.82) is 0 Å². The molecule has 0 fully saturated rings. The molecule has 5 nitrogen and oxygen atoms in total. The summed E-state index contributed by atoms with van der Waals surface area (Å²) in [6, 6.07) is 9.84. The van der Waals surface area contributed by atoms with Gasteiger partial charge in [0.05, 0.1) is 12.2 Å². The predicted molar refractivity (Wildman–Crippen MR) is 110 cm³/mol. The molecule has 0 atom stereocenters. The number of ether oxygens (including phenoxy) is 2. The van der Waals surface area contributed by atoms with Crippen LogP contribution < -0.4 is 32.5 Å². The summed E-state index contributed by atoms with van der Waals surface area (Å²) in [5.41, 5.74) is 0.170. The average Bonchev–Trinajstić information content (AvgIpc) is 2.65. The van der Waals surface area contributed by atoms with E-state index >= 15 is 0 Å². The highest BCUT2D eigenvalue weighted by Gasteiger charge is 2.30. The van der Waals surface area contributed by atoms with Gasteiger partial charge in [0.15, 0.2) is 18.1 Å². The Kier molecular flexibility index (Phi) is 9.65. The largest absolute Gasteiger partial charge is 1.00 e. The maximum absolute atomic E-state index is 12.8. The number of halogens is 4. The number of hydrogen-bond donors (Lipinski definition) is 2. The second-order valence-corrected chi connectivity index (χ2v) is 7.73. The summed E-state index contributed by atoms with van der Waals surface area (Å²) in [5, 5.41) is 5.79. The van der Waals surface area contributed by atoms with Crippen molar-refractivity contribution in [3.8, 4) is 11.5 Å². The van der Waals surface area contributed by atoms with Gasteiger partial charge in [-0.25, -0.2) is 0 Å². The molecule has 0 aliphatic rings. The van der Waals surface area contributed by atoms with E-state index in [-0.39, 0.29) is 30.2 Å². The predicted octanol–water partition coefficient (Wildman–Crippen LogP) is 2.01. The number of anilines is 1. The zero-order chi connectivity index (χ0) is 22.4. The van der Waals surface area contributed by atoms with E-state index in [9.17, 15) is 18.0 Å². The molecule has 9 heteroatoms. The first-order valence-corrected chi connectivity index (χ1v) is 9.58. The van der Waals surface area contributed by atoms with E-state index in [1.807, 2.05) is 19.1 Å². The number of amides is 1. The van der Waals surface area contributed by atoms with Crippen LogP contribution in [-0.2, 0) is 17.5 Å². The Morgan fingerprint density at radius 1 is 1.00 bits per heavy atom. The lowest BCUT2D eigenvalue weighted by molar-refractivity contribution is -0.137. The van der Waals surface area contributed by atoms with Crippen molar-refractivity contribution in [3.63, 3.8) is 0 Å². The van der Waals surface area contributed by atoms with Crippen molar-refractivity contribution >= 4 is 11.6 Å². The van der Waals surface area contributed by atoms with Gasteiger partial charge in [-0.2, -0.15) is 13.2 Å². The molecule has 0 radical (unpaired) electrons. The van der Waals surface area contributed by atoms with E-state index in [1.165, 1.54) is 12.1 Å². The second kappa shape index (κ2) is 11.2. The zero-order valence-electron chi connectivity index (χ0n) is 17.9. The molecular weight excluding hydrogens is 433 g/mol. The molecule has 0 saturated carbocycles. The van der Waals surface area contributed by atoms with Crippen LogP contribution in [0.3, 0.4) is 0 Å². The van der Waals surface area contributed by atoms with Gasteiger partial charge in [0, 0.05) is 17.8 Å². The van der Waals surface area contributed by atoms with Crippen LogP contribution >= 0.6 is 0 Å². The third-order valence-electron chi connectivity index (χ3n) is 3.96. The fourth-order valence-corrected chi connectivity index (χ4v) is 2.53. The molecule has 2 aromatic carbocycles. The van der Waals surface area contributed by atoms with Gasteiger partial charge in [-0.05, 0) is 63.6 Å². The number of hydrogen-bond acceptors (Lipinski definition) is 4. The quantitative estimate of drug-likeness (QED) is 0.634. The van der Waals surface area contributed by atoms with E-state index in [0.29, 0.717) is 24.7 Å². The molecule has 0 heterocycles. The SMILES string of the molecule is CCOc1cc(CNC(C)(C)C)ccc1OCC(=O)Nc1cccc(C(F)(F)F)c1.[Cl-]. The Morgan fingerprint density at radius 3 is 2.32 bits per heavy atom. The van der Waals surface area contributed by atoms with Crippen LogP contribution in [0.15, 0.2) is 42.5 Å². The van der Waals surface area contributed by atoms with Crippen molar-refractivity contribution in [2.24, 2.45) is 0 Å². The maximum atomic E-state index is 12.8. The minimum Gasteiger partial charge on any atom is -1.00 e. The van der Waals surface area contributed by atoms with Gasteiger partial charge >= 0.3 is 6.18 Å². The van der Waals surface area contributed by atoms with Crippen LogP contribution in [0.2, 0.25) is 0 Å². The summed E-state index contributed by atoms with van der Waals surface area (Å²) in [6.07, 6.45) is -4.48. The summed E-state index contributed by atoms with van der Waals surface area (Å²) in [5.74, 6) is 0.309. The highest BCUT2D eigenvalue weighted by molar-refractivity contribution is 5.92. The number of nitrogens with one attached hydrogen (secondary N) is 2. The summed E-state index contributed by atoms with van der Waals surface area (Å²) in [4.78, 5) is 12.1. The lowest BCUT2D eigenvalue weighted by atomic mass is 10.1. The molecule has 0 unspecified atom stereocenters. The minimum atomic E-state index is -4.48. The van der Waals surface area contributed by atoms with Gasteiger partial charge in [-0.3, -0.25) is 4.79 Å². The molecule has 0 bridgehead atoms. The molecule has 2 rings (SSSR count).